The number of amides is 2. The van der Waals surface area contributed by atoms with Crippen molar-refractivity contribution in [2.45, 2.75) is 51.7 Å². The first-order valence-corrected chi connectivity index (χ1v) is 12.0. The van der Waals surface area contributed by atoms with Gasteiger partial charge in [-0.15, -0.1) is 0 Å². The largest absolute Gasteiger partial charge is 0.345 e. The van der Waals surface area contributed by atoms with Crippen LogP contribution >= 0.6 is 0 Å². The Hall–Kier alpha value is -3.34. The van der Waals surface area contributed by atoms with Crippen LogP contribution < -0.4 is 0 Å². The summed E-state index contributed by atoms with van der Waals surface area (Å²) in [5.41, 5.74) is 2.99. The third-order valence-corrected chi connectivity index (χ3v) is 6.18. The highest BCUT2D eigenvalue weighted by atomic mass is 16.2. The highest BCUT2D eigenvalue weighted by Gasteiger charge is 2.34. The van der Waals surface area contributed by atoms with Gasteiger partial charge in [0.1, 0.15) is 6.54 Å². The second-order valence-corrected chi connectivity index (χ2v) is 8.81. The van der Waals surface area contributed by atoms with Crippen molar-refractivity contribution in [2.24, 2.45) is 0 Å². The van der Waals surface area contributed by atoms with Gasteiger partial charge in [-0.2, -0.15) is 0 Å². The van der Waals surface area contributed by atoms with E-state index in [0.29, 0.717) is 18.7 Å². The van der Waals surface area contributed by atoms with Gasteiger partial charge >= 0.3 is 0 Å². The van der Waals surface area contributed by atoms with Gasteiger partial charge in [-0.3, -0.25) is 9.59 Å². The van der Waals surface area contributed by atoms with Crippen LogP contribution in [0.5, 0.6) is 0 Å². The average Bonchev–Trinajstić information content (AvgIpc) is 3.60. The molecule has 2 amide bonds. The van der Waals surface area contributed by atoms with E-state index in [1.165, 1.54) is 5.56 Å². The van der Waals surface area contributed by atoms with Gasteiger partial charge in [0.05, 0.1) is 6.54 Å². The fourth-order valence-electron chi connectivity index (χ4n) is 4.13. The molecule has 1 aromatic heterocycles. The minimum atomic E-state index is -0.0689. The smallest absolute Gasteiger partial charge is 0.254 e. The number of aromatic nitrogens is 1. The summed E-state index contributed by atoms with van der Waals surface area (Å²) >= 11 is 0. The zero-order valence-corrected chi connectivity index (χ0v) is 19.4. The molecule has 172 valence electrons. The van der Waals surface area contributed by atoms with Crippen LogP contribution in [0.2, 0.25) is 0 Å². The predicted molar refractivity (Wildman–Crippen MR) is 131 cm³/mol. The summed E-state index contributed by atoms with van der Waals surface area (Å²) in [6.07, 6.45) is 6.01. The van der Waals surface area contributed by atoms with Crippen LogP contribution in [0.15, 0.2) is 79.0 Å². The van der Waals surface area contributed by atoms with Crippen molar-refractivity contribution in [3.05, 3.63) is 95.8 Å². The Morgan fingerprint density at radius 2 is 1.64 bits per heavy atom. The summed E-state index contributed by atoms with van der Waals surface area (Å²) in [6, 6.07) is 24.0. The van der Waals surface area contributed by atoms with Crippen LogP contribution in [0.1, 0.15) is 54.2 Å². The molecule has 5 nitrogen and oxygen atoms in total. The topological polar surface area (TPSA) is 45.6 Å². The monoisotopic (exact) mass is 443 g/mol. The van der Waals surface area contributed by atoms with Crippen molar-refractivity contribution in [1.82, 2.24) is 14.4 Å². The lowest BCUT2D eigenvalue weighted by molar-refractivity contribution is -0.133. The summed E-state index contributed by atoms with van der Waals surface area (Å²) in [4.78, 5) is 30.3. The number of nitrogens with zero attached hydrogens (tertiary/aromatic N) is 3. The SMILES string of the molecule is CCCCN(CC(=O)N(Cc1cccn1Cc1ccccc1)C1CC1)C(=O)c1ccccc1. The molecule has 0 radical (unpaired) electrons. The number of unbranched alkanes of at least 4 members (excludes halogenated alkanes) is 1. The number of hydrogen-bond acceptors (Lipinski definition) is 2. The van der Waals surface area contributed by atoms with Crippen LogP contribution in [0.25, 0.3) is 0 Å². The summed E-state index contributed by atoms with van der Waals surface area (Å²) in [7, 11) is 0. The maximum Gasteiger partial charge on any atom is 0.254 e. The van der Waals surface area contributed by atoms with Gasteiger partial charge in [-0.05, 0) is 49.1 Å². The molecule has 0 aliphatic heterocycles. The molecular weight excluding hydrogens is 410 g/mol. The summed E-state index contributed by atoms with van der Waals surface area (Å²) in [6.45, 7) is 4.18. The van der Waals surface area contributed by atoms with Gasteiger partial charge in [0, 0.05) is 36.6 Å². The number of benzene rings is 2. The van der Waals surface area contributed by atoms with E-state index in [4.69, 9.17) is 0 Å². The molecule has 0 unspecified atom stereocenters. The third-order valence-electron chi connectivity index (χ3n) is 6.18. The van der Waals surface area contributed by atoms with Crippen LogP contribution in [-0.2, 0) is 17.9 Å². The molecule has 1 fully saturated rings. The summed E-state index contributed by atoms with van der Waals surface area (Å²) in [5, 5.41) is 0. The van der Waals surface area contributed by atoms with Crippen molar-refractivity contribution in [3.63, 3.8) is 0 Å². The van der Waals surface area contributed by atoms with Crippen LogP contribution in [-0.4, -0.2) is 45.3 Å². The van der Waals surface area contributed by atoms with Crippen LogP contribution in [0.4, 0.5) is 0 Å². The van der Waals surface area contributed by atoms with Crippen molar-refractivity contribution >= 4 is 11.8 Å². The standard InChI is InChI=1S/C28H33N3O2/c1-2-3-18-30(28(33)24-13-8-5-9-14-24)22-27(32)31(25-16-17-25)21-26-15-10-19-29(26)20-23-11-6-4-7-12-23/h4-15,19,25H,2-3,16-18,20-22H2,1H3. The first-order valence-electron chi connectivity index (χ1n) is 12.0. The Kier molecular flexibility index (Phi) is 7.61. The van der Waals surface area contributed by atoms with E-state index in [2.05, 4.69) is 35.9 Å². The lowest BCUT2D eigenvalue weighted by Gasteiger charge is -2.28. The Morgan fingerprint density at radius 1 is 0.939 bits per heavy atom. The summed E-state index contributed by atoms with van der Waals surface area (Å²) in [5.74, 6) is -0.0362. The fourth-order valence-corrected chi connectivity index (χ4v) is 4.13. The number of carbonyl (C=O) groups is 2. The van der Waals surface area contributed by atoms with Crippen molar-refractivity contribution in [1.29, 1.82) is 0 Å². The molecule has 0 spiro atoms. The van der Waals surface area contributed by atoms with E-state index >= 15 is 0 Å². The minimum Gasteiger partial charge on any atom is -0.345 e. The molecule has 1 aliphatic rings. The Labute approximate surface area is 196 Å². The predicted octanol–water partition coefficient (Wildman–Crippen LogP) is 4.97. The molecule has 0 N–H and O–H groups in total. The molecule has 1 heterocycles. The number of hydrogen-bond donors (Lipinski definition) is 0. The molecule has 0 atom stereocenters. The Morgan fingerprint density at radius 3 is 2.30 bits per heavy atom. The zero-order chi connectivity index (χ0) is 23.0. The molecular formula is C28H33N3O2. The quantitative estimate of drug-likeness (QED) is 0.420. The van der Waals surface area contributed by atoms with E-state index < -0.39 is 0 Å². The highest BCUT2D eigenvalue weighted by Crippen LogP contribution is 2.29. The van der Waals surface area contributed by atoms with Crippen molar-refractivity contribution in [2.75, 3.05) is 13.1 Å². The lowest BCUT2D eigenvalue weighted by Crippen LogP contribution is -2.44. The molecule has 4 rings (SSSR count). The molecule has 0 saturated heterocycles. The van der Waals surface area contributed by atoms with Crippen molar-refractivity contribution in [3.8, 4) is 0 Å². The Bertz CT molecular complexity index is 1040. The molecule has 1 aliphatic carbocycles. The second-order valence-electron chi connectivity index (χ2n) is 8.81. The first kappa shape index (κ1) is 22.8. The maximum absolute atomic E-state index is 13.5. The first-order chi connectivity index (χ1) is 16.2. The Balaban J connectivity index is 1.47. The normalized spacial score (nSPS) is 13.0. The van der Waals surface area contributed by atoms with E-state index in [1.54, 1.807) is 4.90 Å². The molecule has 0 bridgehead atoms. The van der Waals surface area contributed by atoms with Gasteiger partial charge in [-0.25, -0.2) is 0 Å². The summed E-state index contributed by atoms with van der Waals surface area (Å²) < 4.78 is 2.21. The van der Waals surface area contributed by atoms with Gasteiger partial charge < -0.3 is 14.4 Å². The molecule has 3 aromatic rings. The van der Waals surface area contributed by atoms with E-state index in [9.17, 15) is 9.59 Å². The minimum absolute atomic E-state index is 0.0327. The van der Waals surface area contributed by atoms with Gasteiger partial charge in [0.25, 0.3) is 5.91 Å². The van der Waals surface area contributed by atoms with Crippen LogP contribution in [0.3, 0.4) is 0 Å². The van der Waals surface area contributed by atoms with E-state index in [0.717, 1.165) is 37.9 Å². The third kappa shape index (κ3) is 6.13. The van der Waals surface area contributed by atoms with Gasteiger partial charge in [-0.1, -0.05) is 61.9 Å². The van der Waals surface area contributed by atoms with Gasteiger partial charge in [0.2, 0.25) is 5.91 Å². The zero-order valence-electron chi connectivity index (χ0n) is 19.4. The average molecular weight is 444 g/mol. The van der Waals surface area contributed by atoms with E-state index in [-0.39, 0.29) is 24.4 Å². The van der Waals surface area contributed by atoms with E-state index in [1.807, 2.05) is 59.5 Å². The van der Waals surface area contributed by atoms with Crippen LogP contribution in [0, 0.1) is 0 Å². The fraction of sp³-hybridized carbons (Fsp3) is 0.357. The van der Waals surface area contributed by atoms with Crippen molar-refractivity contribution < 1.29 is 9.59 Å². The molecule has 5 heteroatoms. The molecule has 1 saturated carbocycles. The number of carbonyl (C=O) groups excluding carboxylic acids is 2. The second kappa shape index (κ2) is 11.0. The highest BCUT2D eigenvalue weighted by molar-refractivity contribution is 5.96. The maximum atomic E-state index is 13.5. The molecule has 2 aromatic carbocycles. The molecule has 33 heavy (non-hydrogen) atoms. The lowest BCUT2D eigenvalue weighted by atomic mass is 10.2. The van der Waals surface area contributed by atoms with Gasteiger partial charge in [0.15, 0.2) is 0 Å². The number of rotatable bonds is 11.